The quantitative estimate of drug-likeness (QED) is 0.863. The number of likely N-dealkylation sites (tertiary alicyclic amines) is 1. The highest BCUT2D eigenvalue weighted by molar-refractivity contribution is 5.44. The van der Waals surface area contributed by atoms with Crippen molar-refractivity contribution in [2.45, 2.75) is 44.8 Å². The normalized spacial score (nSPS) is 25.6. The summed E-state index contributed by atoms with van der Waals surface area (Å²) in [5, 5.41) is 10.1. The molecule has 1 atom stereocenters. The van der Waals surface area contributed by atoms with Crippen molar-refractivity contribution < 1.29 is 14.7 Å². The third-order valence-corrected chi connectivity index (χ3v) is 4.14. The van der Waals surface area contributed by atoms with Gasteiger partial charge in [-0.15, -0.1) is 0 Å². The Balaban J connectivity index is 1.97. The predicted molar refractivity (Wildman–Crippen MR) is 78.7 cm³/mol. The number of hydrogen-bond donors (Lipinski definition) is 2. The maximum atomic E-state index is 10.1. The molecule has 1 aromatic carbocycles. The van der Waals surface area contributed by atoms with Crippen molar-refractivity contribution in [1.29, 1.82) is 0 Å². The van der Waals surface area contributed by atoms with Crippen molar-refractivity contribution in [3.63, 3.8) is 0 Å². The van der Waals surface area contributed by atoms with E-state index in [2.05, 4.69) is 12.1 Å². The first-order chi connectivity index (χ1) is 9.54. The summed E-state index contributed by atoms with van der Waals surface area (Å²) in [7, 11) is 0. The molecule has 0 unspecified atom stereocenters. The molecule has 3 heteroatoms. The van der Waals surface area contributed by atoms with E-state index in [9.17, 15) is 5.11 Å². The molecule has 2 N–H and O–H groups in total. The van der Waals surface area contributed by atoms with E-state index in [4.69, 9.17) is 4.74 Å². The van der Waals surface area contributed by atoms with Crippen molar-refractivity contribution in [2.75, 3.05) is 13.1 Å². The van der Waals surface area contributed by atoms with Crippen LogP contribution in [-0.2, 0) is 0 Å². The van der Waals surface area contributed by atoms with Gasteiger partial charge in [-0.3, -0.25) is 0 Å². The standard InChI is InChI=1S/C17H23NO2/c1-17(2,19)12-15-16(18-10-6-3-7-11-18)13-8-4-5-9-14(13)20-15/h4-5,8-9,12,16,19H,3,6-7,10-11H2,1-2H3/p+1/b15-12+/t16-/m0/s1. The molecular weight excluding hydrogens is 250 g/mol. The third-order valence-electron chi connectivity index (χ3n) is 4.14. The first-order valence-electron chi connectivity index (χ1n) is 7.61. The van der Waals surface area contributed by atoms with Gasteiger partial charge in [0.05, 0.1) is 24.3 Å². The summed E-state index contributed by atoms with van der Waals surface area (Å²) in [4.78, 5) is 1.57. The molecule has 1 aromatic rings. The van der Waals surface area contributed by atoms with E-state index in [-0.39, 0.29) is 6.04 Å². The second-order valence-corrected chi connectivity index (χ2v) is 6.49. The molecule has 0 radical (unpaired) electrons. The van der Waals surface area contributed by atoms with Crippen LogP contribution in [0.25, 0.3) is 0 Å². The van der Waals surface area contributed by atoms with Crippen LogP contribution in [0.5, 0.6) is 5.75 Å². The predicted octanol–water partition coefficient (Wildman–Crippen LogP) is 1.84. The van der Waals surface area contributed by atoms with Crippen LogP contribution in [-0.4, -0.2) is 23.8 Å². The average Bonchev–Trinajstić information content (AvgIpc) is 2.75. The fraction of sp³-hybridized carbons (Fsp3) is 0.529. The van der Waals surface area contributed by atoms with Gasteiger partial charge in [-0.25, -0.2) is 0 Å². The maximum Gasteiger partial charge on any atom is 0.175 e. The Bertz CT molecular complexity index is 510. The molecule has 2 aliphatic heterocycles. The Labute approximate surface area is 120 Å². The van der Waals surface area contributed by atoms with Gasteiger partial charge in [0.15, 0.2) is 11.8 Å². The first-order valence-corrected chi connectivity index (χ1v) is 7.61. The summed E-state index contributed by atoms with van der Waals surface area (Å²) >= 11 is 0. The fourth-order valence-corrected chi connectivity index (χ4v) is 3.33. The van der Waals surface area contributed by atoms with Gasteiger partial charge in [0, 0.05) is 0 Å². The molecule has 3 rings (SSSR count). The van der Waals surface area contributed by atoms with Crippen LogP contribution in [0.1, 0.15) is 44.7 Å². The SMILES string of the molecule is CC(C)(O)/C=C1/Oc2ccccc2[C@@H]1[NH+]1CCCCC1. The summed E-state index contributed by atoms with van der Waals surface area (Å²) in [5.41, 5.74) is 0.421. The zero-order valence-electron chi connectivity index (χ0n) is 12.4. The van der Waals surface area contributed by atoms with Gasteiger partial charge in [0.25, 0.3) is 0 Å². The number of piperidine rings is 1. The smallest absolute Gasteiger partial charge is 0.175 e. The maximum absolute atomic E-state index is 10.1. The molecule has 0 aromatic heterocycles. The summed E-state index contributed by atoms with van der Waals surface area (Å²) < 4.78 is 6.03. The minimum atomic E-state index is -0.842. The van der Waals surface area contributed by atoms with E-state index in [0.29, 0.717) is 0 Å². The number of fused-ring (bicyclic) bond motifs is 1. The van der Waals surface area contributed by atoms with Crippen molar-refractivity contribution in [3.8, 4) is 5.75 Å². The second kappa shape index (κ2) is 5.23. The van der Waals surface area contributed by atoms with Crippen LogP contribution in [0, 0.1) is 0 Å². The van der Waals surface area contributed by atoms with Gasteiger partial charge in [-0.05, 0) is 51.3 Å². The summed E-state index contributed by atoms with van der Waals surface area (Å²) in [6.07, 6.45) is 5.77. The number of para-hydroxylation sites is 1. The van der Waals surface area contributed by atoms with Gasteiger partial charge in [0.1, 0.15) is 5.75 Å². The van der Waals surface area contributed by atoms with E-state index < -0.39 is 5.60 Å². The second-order valence-electron chi connectivity index (χ2n) is 6.49. The largest absolute Gasteiger partial charge is 0.455 e. The Morgan fingerprint density at radius 2 is 1.90 bits per heavy atom. The molecular formula is C17H24NO2+. The molecule has 0 amide bonds. The summed E-state index contributed by atoms with van der Waals surface area (Å²) in [5.74, 6) is 1.86. The van der Waals surface area contributed by atoms with Crippen LogP contribution in [0.15, 0.2) is 36.1 Å². The fourth-order valence-electron chi connectivity index (χ4n) is 3.33. The molecule has 1 fully saturated rings. The van der Waals surface area contributed by atoms with Crippen LogP contribution < -0.4 is 9.64 Å². The molecule has 20 heavy (non-hydrogen) atoms. The van der Waals surface area contributed by atoms with E-state index >= 15 is 0 Å². The lowest BCUT2D eigenvalue weighted by atomic mass is 9.99. The third kappa shape index (κ3) is 2.74. The van der Waals surface area contributed by atoms with E-state index in [1.54, 1.807) is 18.7 Å². The zero-order chi connectivity index (χ0) is 14.2. The Morgan fingerprint density at radius 1 is 1.20 bits per heavy atom. The number of ether oxygens (including phenoxy) is 1. The van der Waals surface area contributed by atoms with Crippen LogP contribution in [0.3, 0.4) is 0 Å². The minimum absolute atomic E-state index is 0.248. The highest BCUT2D eigenvalue weighted by atomic mass is 16.5. The topological polar surface area (TPSA) is 33.9 Å². The number of benzene rings is 1. The number of aliphatic hydroxyl groups is 1. The molecule has 0 saturated carbocycles. The average molecular weight is 274 g/mol. The lowest BCUT2D eigenvalue weighted by Crippen LogP contribution is -3.13. The van der Waals surface area contributed by atoms with Gasteiger partial charge >= 0.3 is 0 Å². The summed E-state index contributed by atoms with van der Waals surface area (Å²) in [6.45, 7) is 5.97. The lowest BCUT2D eigenvalue weighted by molar-refractivity contribution is -0.931. The van der Waals surface area contributed by atoms with Crippen molar-refractivity contribution in [2.24, 2.45) is 0 Å². The molecule has 1 saturated heterocycles. The number of nitrogens with one attached hydrogen (secondary N) is 1. The Hall–Kier alpha value is -1.32. The van der Waals surface area contributed by atoms with E-state index in [1.165, 1.54) is 37.9 Å². The van der Waals surface area contributed by atoms with Crippen molar-refractivity contribution in [3.05, 3.63) is 41.7 Å². The summed E-state index contributed by atoms with van der Waals surface area (Å²) in [6, 6.07) is 8.52. The zero-order valence-corrected chi connectivity index (χ0v) is 12.4. The van der Waals surface area contributed by atoms with Crippen molar-refractivity contribution >= 4 is 0 Å². The highest BCUT2D eigenvalue weighted by Crippen LogP contribution is 2.38. The van der Waals surface area contributed by atoms with Gasteiger partial charge in [-0.1, -0.05) is 12.1 Å². The molecule has 0 spiro atoms. The van der Waals surface area contributed by atoms with Crippen LogP contribution in [0.2, 0.25) is 0 Å². The number of rotatable bonds is 2. The van der Waals surface area contributed by atoms with Gasteiger partial charge < -0.3 is 14.7 Å². The molecule has 0 bridgehead atoms. The minimum Gasteiger partial charge on any atom is -0.455 e. The molecule has 0 aliphatic carbocycles. The number of hydrogen-bond acceptors (Lipinski definition) is 2. The van der Waals surface area contributed by atoms with Crippen LogP contribution >= 0.6 is 0 Å². The number of quaternary nitrogens is 1. The molecule has 108 valence electrons. The molecule has 2 aliphatic rings. The van der Waals surface area contributed by atoms with Crippen molar-refractivity contribution in [1.82, 2.24) is 0 Å². The van der Waals surface area contributed by atoms with Crippen LogP contribution in [0.4, 0.5) is 0 Å². The molecule has 3 nitrogen and oxygen atoms in total. The Morgan fingerprint density at radius 3 is 2.60 bits per heavy atom. The van der Waals surface area contributed by atoms with E-state index in [0.717, 1.165) is 11.5 Å². The lowest BCUT2D eigenvalue weighted by Gasteiger charge is -2.29. The van der Waals surface area contributed by atoms with Gasteiger partial charge in [-0.2, -0.15) is 0 Å². The van der Waals surface area contributed by atoms with Gasteiger partial charge in [0.2, 0.25) is 0 Å². The van der Waals surface area contributed by atoms with E-state index in [1.807, 2.05) is 18.2 Å². The monoisotopic (exact) mass is 274 g/mol. The molecule has 2 heterocycles. The highest BCUT2D eigenvalue weighted by Gasteiger charge is 2.39. The first kappa shape index (κ1) is 13.7. The Kier molecular flexibility index (Phi) is 3.57.